The Morgan fingerprint density at radius 2 is 1.75 bits per heavy atom. The van der Waals surface area contributed by atoms with E-state index in [0.717, 1.165) is 5.56 Å². The fourth-order valence-corrected chi connectivity index (χ4v) is 2.17. The molecule has 6 nitrogen and oxygen atoms in total. The number of ether oxygens (including phenoxy) is 4. The van der Waals surface area contributed by atoms with Crippen molar-refractivity contribution in [2.45, 2.75) is 6.92 Å². The molecule has 0 unspecified atom stereocenters. The maximum atomic E-state index is 9.95. The summed E-state index contributed by atoms with van der Waals surface area (Å²) in [7, 11) is 4.65. The molecule has 0 aromatic heterocycles. The van der Waals surface area contributed by atoms with Crippen molar-refractivity contribution in [3.05, 3.63) is 41.5 Å². The van der Waals surface area contributed by atoms with Crippen molar-refractivity contribution in [2.75, 3.05) is 28.1 Å². The van der Waals surface area contributed by atoms with Crippen LogP contribution in [0.25, 0.3) is 0 Å². The lowest BCUT2D eigenvalue weighted by Gasteiger charge is -2.13. The molecule has 0 aliphatic carbocycles. The Hall–Kier alpha value is -2.73. The third-order valence-corrected chi connectivity index (χ3v) is 3.40. The lowest BCUT2D eigenvalue weighted by Crippen LogP contribution is -2.03. The van der Waals surface area contributed by atoms with Crippen molar-refractivity contribution in [1.29, 1.82) is 0 Å². The third-order valence-electron chi connectivity index (χ3n) is 3.40. The Kier molecular flexibility index (Phi) is 6.03. The van der Waals surface area contributed by atoms with Gasteiger partial charge in [0.05, 0.1) is 14.2 Å². The van der Waals surface area contributed by atoms with Gasteiger partial charge >= 0.3 is 0 Å². The largest absolute Gasteiger partial charge is 0.506 e. The molecule has 0 bridgehead atoms. The van der Waals surface area contributed by atoms with Gasteiger partial charge in [0, 0.05) is 25.0 Å². The summed E-state index contributed by atoms with van der Waals surface area (Å²) in [4.78, 5) is 4.38. The van der Waals surface area contributed by atoms with Gasteiger partial charge in [-0.05, 0) is 24.6 Å². The molecule has 2 aromatic rings. The van der Waals surface area contributed by atoms with Crippen LogP contribution in [-0.4, -0.2) is 39.4 Å². The molecule has 0 radical (unpaired) electrons. The van der Waals surface area contributed by atoms with Crippen LogP contribution in [0.2, 0.25) is 0 Å². The summed E-state index contributed by atoms with van der Waals surface area (Å²) in [6, 6.07) is 8.70. The summed E-state index contributed by atoms with van der Waals surface area (Å²) in [5.41, 5.74) is 2.04. The van der Waals surface area contributed by atoms with Crippen molar-refractivity contribution in [3.8, 4) is 23.0 Å². The Morgan fingerprint density at radius 1 is 1.04 bits per heavy atom. The van der Waals surface area contributed by atoms with Crippen molar-refractivity contribution >= 4 is 11.9 Å². The van der Waals surface area contributed by atoms with E-state index in [1.165, 1.54) is 0 Å². The van der Waals surface area contributed by atoms with Crippen LogP contribution in [-0.2, 0) is 4.74 Å². The summed E-state index contributed by atoms with van der Waals surface area (Å²) in [6.07, 6.45) is 1.61. The van der Waals surface area contributed by atoms with Crippen LogP contribution < -0.4 is 14.2 Å². The second-order valence-electron chi connectivity index (χ2n) is 5.00. The molecule has 0 saturated heterocycles. The average molecular weight is 331 g/mol. The van der Waals surface area contributed by atoms with Crippen LogP contribution in [0.5, 0.6) is 23.0 Å². The highest BCUT2D eigenvalue weighted by Gasteiger charge is 2.12. The number of phenols is 1. The minimum absolute atomic E-state index is 0.0892. The highest BCUT2D eigenvalue weighted by atomic mass is 16.7. The van der Waals surface area contributed by atoms with Crippen LogP contribution in [0, 0.1) is 6.92 Å². The van der Waals surface area contributed by atoms with Gasteiger partial charge in [0.2, 0.25) is 0 Å². The number of benzene rings is 2. The standard InChI is InChI=1S/C18H21NO5/c1-12-6-5-7-14(20)18(12)19-10-13-8-16(22-3)17(23-4)9-15(13)24-11-21-2/h5-10,20H,11H2,1-4H3. The fourth-order valence-electron chi connectivity index (χ4n) is 2.17. The molecule has 1 N–H and O–H groups in total. The topological polar surface area (TPSA) is 69.5 Å². The van der Waals surface area contributed by atoms with Crippen LogP contribution in [0.1, 0.15) is 11.1 Å². The molecule has 0 heterocycles. The molecule has 0 aliphatic rings. The lowest BCUT2D eigenvalue weighted by molar-refractivity contribution is 0.0508. The first-order valence-electron chi connectivity index (χ1n) is 7.31. The number of hydrogen-bond donors (Lipinski definition) is 1. The summed E-state index contributed by atoms with van der Waals surface area (Å²) in [5, 5.41) is 9.95. The van der Waals surface area contributed by atoms with E-state index >= 15 is 0 Å². The van der Waals surface area contributed by atoms with Gasteiger partial charge in [0.25, 0.3) is 0 Å². The van der Waals surface area contributed by atoms with E-state index in [0.29, 0.717) is 28.5 Å². The molecule has 2 aromatic carbocycles. The molecule has 0 fully saturated rings. The number of rotatable bonds is 7. The zero-order valence-corrected chi connectivity index (χ0v) is 14.2. The number of phenolic OH excluding ortho intramolecular Hbond substituents is 1. The highest BCUT2D eigenvalue weighted by Crippen LogP contribution is 2.35. The molecular weight excluding hydrogens is 310 g/mol. The maximum absolute atomic E-state index is 9.95. The van der Waals surface area contributed by atoms with E-state index < -0.39 is 0 Å². The van der Waals surface area contributed by atoms with E-state index in [1.54, 1.807) is 51.8 Å². The molecule has 128 valence electrons. The zero-order chi connectivity index (χ0) is 17.5. The van der Waals surface area contributed by atoms with Crippen molar-refractivity contribution < 1.29 is 24.1 Å². The summed E-state index contributed by atoms with van der Waals surface area (Å²) in [6.45, 7) is 1.97. The average Bonchev–Trinajstić information content (AvgIpc) is 2.59. The molecule has 0 saturated carbocycles. The maximum Gasteiger partial charge on any atom is 0.188 e. The fraction of sp³-hybridized carbons (Fsp3) is 0.278. The molecule has 6 heteroatoms. The van der Waals surface area contributed by atoms with Gasteiger partial charge in [0.1, 0.15) is 17.2 Å². The smallest absolute Gasteiger partial charge is 0.188 e. The van der Waals surface area contributed by atoms with Gasteiger partial charge in [-0.3, -0.25) is 4.99 Å². The van der Waals surface area contributed by atoms with Crippen LogP contribution >= 0.6 is 0 Å². The van der Waals surface area contributed by atoms with Gasteiger partial charge in [0.15, 0.2) is 18.3 Å². The summed E-state index contributed by atoms with van der Waals surface area (Å²) < 4.78 is 21.1. The quantitative estimate of drug-likeness (QED) is 0.621. The first-order valence-corrected chi connectivity index (χ1v) is 7.31. The molecule has 0 atom stereocenters. The van der Waals surface area contributed by atoms with E-state index in [9.17, 15) is 5.11 Å². The van der Waals surface area contributed by atoms with Crippen LogP contribution in [0.4, 0.5) is 5.69 Å². The number of hydrogen-bond acceptors (Lipinski definition) is 6. The van der Waals surface area contributed by atoms with E-state index in [2.05, 4.69) is 4.99 Å². The lowest BCUT2D eigenvalue weighted by atomic mass is 10.1. The highest BCUT2D eigenvalue weighted by molar-refractivity contribution is 5.87. The van der Waals surface area contributed by atoms with Gasteiger partial charge in [-0.25, -0.2) is 0 Å². The second kappa shape index (κ2) is 8.21. The van der Waals surface area contributed by atoms with Gasteiger partial charge in [-0.1, -0.05) is 12.1 Å². The molecule has 24 heavy (non-hydrogen) atoms. The number of para-hydroxylation sites is 1. The zero-order valence-electron chi connectivity index (χ0n) is 14.2. The van der Waals surface area contributed by atoms with Crippen molar-refractivity contribution in [2.24, 2.45) is 4.99 Å². The Balaban J connectivity index is 2.45. The Labute approximate surface area is 141 Å². The van der Waals surface area contributed by atoms with E-state index in [-0.39, 0.29) is 12.5 Å². The third kappa shape index (κ3) is 3.97. The number of methoxy groups -OCH3 is 3. The number of aliphatic imine (C=N–C) groups is 1. The molecule has 0 amide bonds. The summed E-state index contributed by atoms with van der Waals surface area (Å²) in [5.74, 6) is 1.75. The van der Waals surface area contributed by atoms with Crippen LogP contribution in [0.15, 0.2) is 35.3 Å². The van der Waals surface area contributed by atoms with E-state index in [4.69, 9.17) is 18.9 Å². The molecule has 2 rings (SSSR count). The first kappa shape index (κ1) is 17.6. The minimum Gasteiger partial charge on any atom is -0.506 e. The summed E-state index contributed by atoms with van der Waals surface area (Å²) >= 11 is 0. The van der Waals surface area contributed by atoms with Crippen LogP contribution in [0.3, 0.4) is 0 Å². The molecular formula is C18H21NO5. The predicted molar refractivity (Wildman–Crippen MR) is 92.1 cm³/mol. The SMILES string of the molecule is COCOc1cc(OC)c(OC)cc1C=Nc1c(C)cccc1O. The van der Waals surface area contributed by atoms with Crippen molar-refractivity contribution in [1.82, 2.24) is 0 Å². The second-order valence-corrected chi connectivity index (χ2v) is 5.00. The van der Waals surface area contributed by atoms with E-state index in [1.807, 2.05) is 13.0 Å². The normalized spacial score (nSPS) is 10.8. The Bertz CT molecular complexity index is 707. The number of nitrogens with zero attached hydrogens (tertiary/aromatic N) is 1. The predicted octanol–water partition coefficient (Wildman–Crippen LogP) is 3.45. The molecule has 0 spiro atoms. The first-order chi connectivity index (χ1) is 11.6. The van der Waals surface area contributed by atoms with Crippen molar-refractivity contribution in [3.63, 3.8) is 0 Å². The molecule has 0 aliphatic heterocycles. The minimum atomic E-state index is 0.0892. The Morgan fingerprint density at radius 3 is 2.38 bits per heavy atom. The van der Waals surface area contributed by atoms with Gasteiger partial charge in [-0.2, -0.15) is 0 Å². The van der Waals surface area contributed by atoms with Gasteiger partial charge < -0.3 is 24.1 Å². The number of aryl methyl sites for hydroxylation is 1. The monoisotopic (exact) mass is 331 g/mol. The number of aromatic hydroxyl groups is 1. The van der Waals surface area contributed by atoms with Gasteiger partial charge in [-0.15, -0.1) is 0 Å².